The summed E-state index contributed by atoms with van der Waals surface area (Å²) in [7, 11) is 2.02. The van der Waals surface area contributed by atoms with Crippen molar-refractivity contribution in [2.75, 3.05) is 13.1 Å². The van der Waals surface area contributed by atoms with Gasteiger partial charge in [0.05, 0.1) is 5.69 Å². The zero-order chi connectivity index (χ0) is 15.8. The molecule has 1 aromatic carbocycles. The minimum Gasteiger partial charge on any atom is -0.309 e. The highest BCUT2D eigenvalue weighted by Crippen LogP contribution is 2.27. The predicted octanol–water partition coefficient (Wildman–Crippen LogP) is 2.72. The molecule has 1 N–H and O–H groups in total. The minimum atomic E-state index is 0.688. The topological polar surface area (TPSA) is 33.1 Å². The van der Waals surface area contributed by atoms with E-state index in [2.05, 4.69) is 46.5 Å². The van der Waals surface area contributed by atoms with E-state index in [9.17, 15) is 0 Å². The first-order chi connectivity index (χ1) is 11.2. The summed E-state index contributed by atoms with van der Waals surface area (Å²) in [6, 6.07) is 10.3. The van der Waals surface area contributed by atoms with Crippen molar-refractivity contribution in [3.63, 3.8) is 0 Å². The Kier molecular flexibility index (Phi) is 3.95. The molecule has 2 fully saturated rings. The number of hydrogen-bond donors (Lipinski definition) is 1. The van der Waals surface area contributed by atoms with E-state index in [4.69, 9.17) is 0 Å². The van der Waals surface area contributed by atoms with Crippen LogP contribution in [0.1, 0.15) is 30.4 Å². The van der Waals surface area contributed by atoms with Crippen LogP contribution in [-0.2, 0) is 13.6 Å². The molecule has 4 rings (SSSR count). The molecular formula is C19H26N4. The summed E-state index contributed by atoms with van der Waals surface area (Å²) < 4.78 is 1.98. The molecule has 0 amide bonds. The van der Waals surface area contributed by atoms with Crippen molar-refractivity contribution in [3.8, 4) is 11.3 Å². The molecule has 2 saturated heterocycles. The molecule has 2 aromatic rings. The second kappa shape index (κ2) is 6.10. The lowest BCUT2D eigenvalue weighted by molar-refractivity contribution is 0.119. The largest absolute Gasteiger partial charge is 0.309 e. The zero-order valence-electron chi connectivity index (χ0n) is 14.1. The number of nitrogens with zero attached hydrogens (tertiary/aromatic N) is 3. The lowest BCUT2D eigenvalue weighted by Crippen LogP contribution is -2.58. The van der Waals surface area contributed by atoms with Crippen LogP contribution in [0.3, 0.4) is 0 Å². The van der Waals surface area contributed by atoms with Crippen molar-refractivity contribution in [2.24, 2.45) is 7.05 Å². The highest BCUT2D eigenvalue weighted by atomic mass is 15.3. The first-order valence-electron chi connectivity index (χ1n) is 8.75. The molecule has 0 saturated carbocycles. The standard InChI is InChI=1S/C19H26N4/c1-14-6-7-15(18(10-14)19-8-9-20-22(19)2)11-23-12-16-4-3-5-17(13-23)21-16/h6-10,16-17,21H,3-5,11-13H2,1-2H3. The van der Waals surface area contributed by atoms with Crippen molar-refractivity contribution in [1.29, 1.82) is 0 Å². The van der Waals surface area contributed by atoms with Gasteiger partial charge in [0, 0.05) is 50.5 Å². The quantitative estimate of drug-likeness (QED) is 0.946. The maximum atomic E-state index is 4.35. The number of aryl methyl sites for hydroxylation is 2. The molecule has 2 aliphatic heterocycles. The van der Waals surface area contributed by atoms with Gasteiger partial charge in [0.15, 0.2) is 0 Å². The fourth-order valence-corrected chi connectivity index (χ4v) is 4.17. The Balaban J connectivity index is 1.60. The molecule has 2 unspecified atom stereocenters. The van der Waals surface area contributed by atoms with Crippen molar-refractivity contribution < 1.29 is 0 Å². The van der Waals surface area contributed by atoms with Crippen LogP contribution in [0.5, 0.6) is 0 Å². The Bertz CT molecular complexity index is 678. The van der Waals surface area contributed by atoms with Crippen LogP contribution in [0.2, 0.25) is 0 Å². The maximum Gasteiger partial charge on any atom is 0.0682 e. The van der Waals surface area contributed by atoms with E-state index in [0.29, 0.717) is 12.1 Å². The van der Waals surface area contributed by atoms with Crippen LogP contribution in [0, 0.1) is 6.92 Å². The van der Waals surface area contributed by atoms with Gasteiger partial charge in [-0.05, 0) is 37.5 Å². The molecule has 122 valence electrons. The van der Waals surface area contributed by atoms with E-state index in [1.807, 2.05) is 17.9 Å². The Labute approximate surface area is 138 Å². The van der Waals surface area contributed by atoms with E-state index in [1.165, 1.54) is 54.7 Å². The third-order valence-corrected chi connectivity index (χ3v) is 5.29. The van der Waals surface area contributed by atoms with Gasteiger partial charge in [0.1, 0.15) is 0 Å². The van der Waals surface area contributed by atoms with Crippen LogP contribution >= 0.6 is 0 Å². The SMILES string of the molecule is Cc1ccc(CN2CC3CCCC(C2)N3)c(-c2ccnn2C)c1. The number of likely N-dealkylation sites (tertiary alicyclic amines) is 1. The monoisotopic (exact) mass is 310 g/mol. The van der Waals surface area contributed by atoms with E-state index in [-0.39, 0.29) is 0 Å². The van der Waals surface area contributed by atoms with Crippen LogP contribution in [-0.4, -0.2) is 39.9 Å². The summed E-state index contributed by atoms with van der Waals surface area (Å²) in [6.45, 7) is 5.55. The summed E-state index contributed by atoms with van der Waals surface area (Å²) in [5.74, 6) is 0. The molecule has 4 heteroatoms. The Hall–Kier alpha value is -1.65. The molecule has 0 radical (unpaired) electrons. The number of piperidine rings is 1. The predicted molar refractivity (Wildman–Crippen MR) is 93.2 cm³/mol. The normalized spacial score (nSPS) is 24.8. The fourth-order valence-electron chi connectivity index (χ4n) is 4.17. The molecule has 1 aromatic heterocycles. The fraction of sp³-hybridized carbons (Fsp3) is 0.526. The smallest absolute Gasteiger partial charge is 0.0682 e. The second-order valence-corrected chi connectivity index (χ2v) is 7.19. The van der Waals surface area contributed by atoms with Gasteiger partial charge in [-0.1, -0.05) is 24.1 Å². The van der Waals surface area contributed by atoms with Crippen LogP contribution in [0.15, 0.2) is 30.5 Å². The number of hydrogen-bond acceptors (Lipinski definition) is 3. The molecule has 2 bridgehead atoms. The molecule has 4 nitrogen and oxygen atoms in total. The average molecular weight is 310 g/mol. The number of piperazine rings is 1. The summed E-state index contributed by atoms with van der Waals surface area (Å²) in [4.78, 5) is 2.63. The van der Waals surface area contributed by atoms with Crippen LogP contribution in [0.4, 0.5) is 0 Å². The van der Waals surface area contributed by atoms with Gasteiger partial charge >= 0.3 is 0 Å². The van der Waals surface area contributed by atoms with Crippen LogP contribution < -0.4 is 5.32 Å². The van der Waals surface area contributed by atoms with E-state index in [0.717, 1.165) is 6.54 Å². The van der Waals surface area contributed by atoms with Crippen molar-refractivity contribution in [1.82, 2.24) is 20.0 Å². The van der Waals surface area contributed by atoms with Crippen molar-refractivity contribution in [2.45, 2.75) is 44.8 Å². The molecule has 0 aliphatic carbocycles. The van der Waals surface area contributed by atoms with Gasteiger partial charge in [-0.15, -0.1) is 0 Å². The van der Waals surface area contributed by atoms with Gasteiger partial charge in [-0.3, -0.25) is 9.58 Å². The van der Waals surface area contributed by atoms with E-state index >= 15 is 0 Å². The van der Waals surface area contributed by atoms with E-state index < -0.39 is 0 Å². The first kappa shape index (κ1) is 14.9. The highest BCUT2D eigenvalue weighted by molar-refractivity contribution is 5.64. The molecule has 2 aliphatic rings. The van der Waals surface area contributed by atoms with E-state index in [1.54, 1.807) is 0 Å². The average Bonchev–Trinajstić information content (AvgIpc) is 2.95. The zero-order valence-corrected chi connectivity index (χ0v) is 14.1. The Morgan fingerprint density at radius 3 is 2.65 bits per heavy atom. The van der Waals surface area contributed by atoms with Gasteiger partial charge in [-0.2, -0.15) is 5.10 Å². The summed E-state index contributed by atoms with van der Waals surface area (Å²) >= 11 is 0. The third-order valence-electron chi connectivity index (χ3n) is 5.29. The van der Waals surface area contributed by atoms with Gasteiger partial charge < -0.3 is 5.32 Å². The second-order valence-electron chi connectivity index (χ2n) is 7.19. The first-order valence-corrected chi connectivity index (χ1v) is 8.75. The molecule has 3 heterocycles. The van der Waals surface area contributed by atoms with Gasteiger partial charge in [-0.25, -0.2) is 0 Å². The maximum absolute atomic E-state index is 4.35. The van der Waals surface area contributed by atoms with Crippen LogP contribution in [0.25, 0.3) is 11.3 Å². The number of rotatable bonds is 3. The van der Waals surface area contributed by atoms with Crippen molar-refractivity contribution >= 4 is 0 Å². The molecule has 2 atom stereocenters. The number of nitrogens with one attached hydrogen (secondary N) is 1. The number of benzene rings is 1. The minimum absolute atomic E-state index is 0.688. The van der Waals surface area contributed by atoms with Gasteiger partial charge in [0.2, 0.25) is 0 Å². The summed E-state index contributed by atoms with van der Waals surface area (Å²) in [5, 5.41) is 8.12. The lowest BCUT2D eigenvalue weighted by atomic mass is 9.93. The lowest BCUT2D eigenvalue weighted by Gasteiger charge is -2.42. The highest BCUT2D eigenvalue weighted by Gasteiger charge is 2.29. The number of aromatic nitrogens is 2. The Morgan fingerprint density at radius 2 is 1.96 bits per heavy atom. The Morgan fingerprint density at radius 1 is 1.17 bits per heavy atom. The number of fused-ring (bicyclic) bond motifs is 2. The molecular weight excluding hydrogens is 284 g/mol. The molecule has 23 heavy (non-hydrogen) atoms. The van der Waals surface area contributed by atoms with Gasteiger partial charge in [0.25, 0.3) is 0 Å². The molecule has 0 spiro atoms. The van der Waals surface area contributed by atoms with Crippen molar-refractivity contribution in [3.05, 3.63) is 41.6 Å². The summed E-state index contributed by atoms with van der Waals surface area (Å²) in [6.07, 6.45) is 5.93. The summed E-state index contributed by atoms with van der Waals surface area (Å²) in [5.41, 5.74) is 5.26. The third kappa shape index (κ3) is 3.06.